The minimum atomic E-state index is -0.538. The van der Waals surface area contributed by atoms with Gasteiger partial charge in [0.2, 0.25) is 0 Å². The van der Waals surface area contributed by atoms with Gasteiger partial charge in [-0.2, -0.15) is 0 Å². The van der Waals surface area contributed by atoms with E-state index in [1.807, 2.05) is 6.92 Å². The molecule has 1 atom stereocenters. The van der Waals surface area contributed by atoms with Crippen LogP contribution in [0.2, 0.25) is 0 Å². The van der Waals surface area contributed by atoms with Crippen molar-refractivity contribution in [3.8, 4) is 0 Å². The molecule has 0 spiro atoms. The first-order valence-electron chi connectivity index (χ1n) is 5.11. The van der Waals surface area contributed by atoms with Crippen molar-refractivity contribution < 1.29 is 14.6 Å². The van der Waals surface area contributed by atoms with E-state index in [4.69, 9.17) is 0 Å². The Labute approximate surface area is 98.7 Å². The third kappa shape index (κ3) is 4.09. The molecule has 88 valence electrons. The van der Waals surface area contributed by atoms with E-state index in [-0.39, 0.29) is 10.8 Å². The molecule has 0 saturated carbocycles. The number of carbonyl (C=O) groups is 1. The van der Waals surface area contributed by atoms with Crippen molar-refractivity contribution in [2.45, 2.75) is 30.2 Å². The molecule has 1 saturated heterocycles. The van der Waals surface area contributed by atoms with Crippen molar-refractivity contribution in [1.82, 2.24) is 4.90 Å². The summed E-state index contributed by atoms with van der Waals surface area (Å²) in [6.07, 6.45) is 1.52. The Hall–Kier alpha value is -0.130. The van der Waals surface area contributed by atoms with Gasteiger partial charge < -0.3 is 14.7 Å². The number of alkyl halides is 1. The zero-order valence-corrected chi connectivity index (χ0v) is 10.8. The van der Waals surface area contributed by atoms with Crippen LogP contribution in [0.25, 0.3) is 0 Å². The van der Waals surface area contributed by atoms with Gasteiger partial charge in [-0.3, -0.25) is 4.79 Å². The number of hydrogen-bond donors (Lipinski definition) is 1. The number of rotatable bonds is 3. The van der Waals surface area contributed by atoms with E-state index in [0.717, 1.165) is 25.9 Å². The fraction of sp³-hybridized carbons (Fsp3) is 0.900. The molecule has 0 radical (unpaired) electrons. The molecule has 5 heteroatoms. The molecule has 0 bridgehead atoms. The van der Waals surface area contributed by atoms with Crippen LogP contribution in [0.4, 0.5) is 0 Å². The summed E-state index contributed by atoms with van der Waals surface area (Å²) in [5, 5.41) is 9.75. The average molecular weight is 280 g/mol. The number of hydrogen-bond acceptors (Lipinski definition) is 4. The van der Waals surface area contributed by atoms with Gasteiger partial charge in [-0.1, -0.05) is 15.9 Å². The third-order valence-electron chi connectivity index (χ3n) is 2.81. The Balaban J connectivity index is 2.32. The molecule has 1 aliphatic heterocycles. The minimum absolute atomic E-state index is 0.243. The molecule has 1 aliphatic rings. The molecule has 0 aromatic carbocycles. The van der Waals surface area contributed by atoms with Crippen LogP contribution in [0.15, 0.2) is 0 Å². The normalized spacial score (nSPS) is 23.5. The first-order valence-corrected chi connectivity index (χ1v) is 6.03. The number of likely N-dealkylation sites (tertiary alicyclic amines) is 1. The molecule has 4 nitrogen and oxygen atoms in total. The molecule has 1 rings (SSSR count). The van der Waals surface area contributed by atoms with Crippen molar-refractivity contribution in [3.63, 3.8) is 0 Å². The van der Waals surface area contributed by atoms with Crippen molar-refractivity contribution >= 4 is 21.9 Å². The summed E-state index contributed by atoms with van der Waals surface area (Å²) in [7, 11) is 1.39. The van der Waals surface area contributed by atoms with E-state index in [9.17, 15) is 9.90 Å². The standard InChI is InChI=1S/C10H18BrNO3/c1-10(14)3-5-12(6-4-10)7-8(11)9(13)15-2/h8,14H,3-7H2,1-2H3. The molecular weight excluding hydrogens is 262 g/mol. The van der Waals surface area contributed by atoms with E-state index in [1.54, 1.807) is 0 Å². The molecule has 1 N–H and O–H groups in total. The molecule has 1 heterocycles. The monoisotopic (exact) mass is 279 g/mol. The van der Waals surface area contributed by atoms with Gasteiger partial charge in [0, 0.05) is 19.6 Å². The highest BCUT2D eigenvalue weighted by atomic mass is 79.9. The number of carbonyl (C=O) groups excluding carboxylic acids is 1. The van der Waals surface area contributed by atoms with Crippen molar-refractivity contribution in [2.24, 2.45) is 0 Å². The third-order valence-corrected chi connectivity index (χ3v) is 3.47. The minimum Gasteiger partial charge on any atom is -0.468 e. The number of esters is 1. The van der Waals surface area contributed by atoms with Crippen LogP contribution in [0.1, 0.15) is 19.8 Å². The van der Waals surface area contributed by atoms with Crippen molar-refractivity contribution in [2.75, 3.05) is 26.7 Å². The topological polar surface area (TPSA) is 49.8 Å². The Morgan fingerprint density at radius 3 is 2.60 bits per heavy atom. The SMILES string of the molecule is COC(=O)C(Br)CN1CCC(C)(O)CC1. The molecular formula is C10H18BrNO3. The van der Waals surface area contributed by atoms with E-state index >= 15 is 0 Å². The summed E-state index contributed by atoms with van der Waals surface area (Å²) in [6.45, 7) is 4.15. The van der Waals surface area contributed by atoms with Gasteiger partial charge in [0.05, 0.1) is 12.7 Å². The highest BCUT2D eigenvalue weighted by Gasteiger charge is 2.29. The lowest BCUT2D eigenvalue weighted by Gasteiger charge is -2.36. The van der Waals surface area contributed by atoms with Gasteiger partial charge >= 0.3 is 5.97 Å². The summed E-state index contributed by atoms with van der Waals surface area (Å²) >= 11 is 3.29. The smallest absolute Gasteiger partial charge is 0.320 e. The molecule has 0 amide bonds. The second-order valence-electron chi connectivity index (χ2n) is 4.29. The summed E-state index contributed by atoms with van der Waals surface area (Å²) in [5.41, 5.74) is -0.538. The van der Waals surface area contributed by atoms with Crippen molar-refractivity contribution in [3.05, 3.63) is 0 Å². The Morgan fingerprint density at radius 1 is 1.60 bits per heavy atom. The maximum atomic E-state index is 11.2. The lowest BCUT2D eigenvalue weighted by Crippen LogP contribution is -2.45. The van der Waals surface area contributed by atoms with Gasteiger partial charge in [0.15, 0.2) is 0 Å². The second-order valence-corrected chi connectivity index (χ2v) is 5.39. The van der Waals surface area contributed by atoms with Crippen LogP contribution >= 0.6 is 15.9 Å². The van der Waals surface area contributed by atoms with E-state index in [1.165, 1.54) is 7.11 Å². The first-order chi connectivity index (χ1) is 6.94. The maximum Gasteiger partial charge on any atom is 0.320 e. The lowest BCUT2D eigenvalue weighted by atomic mass is 9.94. The summed E-state index contributed by atoms with van der Waals surface area (Å²) < 4.78 is 4.63. The van der Waals surface area contributed by atoms with Gasteiger partial charge in [0.1, 0.15) is 4.83 Å². The maximum absolute atomic E-state index is 11.2. The van der Waals surface area contributed by atoms with Crippen molar-refractivity contribution in [1.29, 1.82) is 0 Å². The number of piperidine rings is 1. The molecule has 0 aliphatic carbocycles. The molecule has 0 aromatic rings. The first kappa shape index (κ1) is 12.9. The Kier molecular flexibility index (Phi) is 4.55. The van der Waals surface area contributed by atoms with Crippen LogP contribution in [0.3, 0.4) is 0 Å². The highest BCUT2D eigenvalue weighted by Crippen LogP contribution is 2.21. The molecule has 15 heavy (non-hydrogen) atoms. The fourth-order valence-corrected chi connectivity index (χ4v) is 2.24. The lowest BCUT2D eigenvalue weighted by molar-refractivity contribution is -0.140. The summed E-state index contributed by atoms with van der Waals surface area (Å²) in [5.74, 6) is -0.243. The average Bonchev–Trinajstić information content (AvgIpc) is 2.20. The predicted octanol–water partition coefficient (Wildman–Crippen LogP) is 0.770. The van der Waals surface area contributed by atoms with Crippen LogP contribution in [0, 0.1) is 0 Å². The largest absolute Gasteiger partial charge is 0.468 e. The van der Waals surface area contributed by atoms with Crippen LogP contribution in [0.5, 0.6) is 0 Å². The molecule has 1 fully saturated rings. The van der Waals surface area contributed by atoms with E-state index in [0.29, 0.717) is 6.54 Å². The number of ether oxygens (including phenoxy) is 1. The predicted molar refractivity (Wildman–Crippen MR) is 61.0 cm³/mol. The number of methoxy groups -OCH3 is 1. The number of nitrogens with zero attached hydrogens (tertiary/aromatic N) is 1. The summed E-state index contributed by atoms with van der Waals surface area (Å²) in [6, 6.07) is 0. The quantitative estimate of drug-likeness (QED) is 0.613. The van der Waals surface area contributed by atoms with Gasteiger partial charge in [-0.25, -0.2) is 0 Å². The van der Waals surface area contributed by atoms with Crippen LogP contribution < -0.4 is 0 Å². The zero-order valence-electron chi connectivity index (χ0n) is 9.20. The second kappa shape index (κ2) is 5.27. The molecule has 1 unspecified atom stereocenters. The highest BCUT2D eigenvalue weighted by molar-refractivity contribution is 9.10. The van der Waals surface area contributed by atoms with Gasteiger partial charge in [-0.05, 0) is 19.8 Å². The molecule has 0 aromatic heterocycles. The van der Waals surface area contributed by atoms with Crippen LogP contribution in [-0.2, 0) is 9.53 Å². The Bertz CT molecular complexity index is 223. The fourth-order valence-electron chi connectivity index (χ4n) is 1.65. The summed E-state index contributed by atoms with van der Waals surface area (Å²) in [4.78, 5) is 13.1. The van der Waals surface area contributed by atoms with E-state index < -0.39 is 5.60 Å². The van der Waals surface area contributed by atoms with Gasteiger partial charge in [-0.15, -0.1) is 0 Å². The van der Waals surface area contributed by atoms with Gasteiger partial charge in [0.25, 0.3) is 0 Å². The number of aliphatic hydroxyl groups is 1. The number of halogens is 1. The Morgan fingerprint density at radius 2 is 2.13 bits per heavy atom. The zero-order chi connectivity index (χ0) is 11.5. The van der Waals surface area contributed by atoms with Crippen LogP contribution in [-0.4, -0.2) is 53.1 Å². The van der Waals surface area contributed by atoms with E-state index in [2.05, 4.69) is 25.6 Å².